The van der Waals surface area contributed by atoms with Crippen molar-refractivity contribution in [2.75, 3.05) is 4.72 Å². The van der Waals surface area contributed by atoms with E-state index in [1.807, 2.05) is 42.5 Å². The van der Waals surface area contributed by atoms with Crippen molar-refractivity contribution in [3.05, 3.63) is 77.2 Å². The second-order valence-corrected chi connectivity index (χ2v) is 7.63. The number of para-hydroxylation sites is 1. The predicted octanol–water partition coefficient (Wildman–Crippen LogP) is 5.42. The van der Waals surface area contributed by atoms with E-state index >= 15 is 0 Å². The molecule has 1 atom stereocenters. The van der Waals surface area contributed by atoms with E-state index in [0.29, 0.717) is 11.5 Å². The van der Waals surface area contributed by atoms with Crippen molar-refractivity contribution in [3.63, 3.8) is 0 Å². The summed E-state index contributed by atoms with van der Waals surface area (Å²) in [5, 5.41) is 3.84. The predicted molar refractivity (Wildman–Crippen MR) is 106 cm³/mol. The van der Waals surface area contributed by atoms with Crippen LogP contribution in [-0.4, -0.2) is 13.8 Å². The van der Waals surface area contributed by atoms with Crippen molar-refractivity contribution < 1.29 is 13.2 Å². The Hall–Kier alpha value is -3.22. The first-order chi connectivity index (χ1) is 13.0. The summed E-state index contributed by atoms with van der Waals surface area (Å²) in [6.07, 6.45) is 0.155. The molecular formula is C19H18N4O3S. The Morgan fingerprint density at radius 3 is 2.48 bits per heavy atom. The van der Waals surface area contributed by atoms with Gasteiger partial charge in [-0.15, -0.1) is 0 Å². The molecule has 0 aliphatic carbocycles. The van der Waals surface area contributed by atoms with Crippen LogP contribution in [0.25, 0.3) is 21.2 Å². The van der Waals surface area contributed by atoms with Crippen molar-refractivity contribution >= 4 is 26.5 Å². The zero-order valence-electron chi connectivity index (χ0n) is 14.6. The van der Waals surface area contributed by atoms with Crippen LogP contribution in [0.5, 0.6) is 11.5 Å². The number of nitrogens with zero attached hydrogens (tertiary/aromatic N) is 3. The smallest absolute Gasteiger partial charge is 0.241 e. The topological polar surface area (TPSA) is 104 Å². The maximum absolute atomic E-state index is 12.6. The molecule has 0 aliphatic rings. The number of nitrogens with one attached hydrogen (secondary N) is 1. The molecule has 0 saturated carbocycles. The molecule has 0 aliphatic heterocycles. The first kappa shape index (κ1) is 18.6. The highest BCUT2D eigenvalue weighted by molar-refractivity contribution is 7.93. The maximum Gasteiger partial charge on any atom is 0.241 e. The van der Waals surface area contributed by atoms with Gasteiger partial charge in [-0.25, -0.2) is 8.42 Å². The molecule has 0 bridgehead atoms. The molecule has 3 aromatic rings. The Labute approximate surface area is 157 Å². The van der Waals surface area contributed by atoms with Gasteiger partial charge in [0.25, 0.3) is 0 Å². The first-order valence-electron chi connectivity index (χ1n) is 8.35. The van der Waals surface area contributed by atoms with E-state index in [9.17, 15) is 8.42 Å². The van der Waals surface area contributed by atoms with Crippen LogP contribution in [0.2, 0.25) is 0 Å². The molecule has 0 spiro atoms. The Balaban J connectivity index is 2.09. The number of ether oxygens (including phenoxy) is 1. The zero-order valence-corrected chi connectivity index (χ0v) is 15.4. The number of fused-ring (bicyclic) bond motifs is 1. The van der Waals surface area contributed by atoms with E-state index in [2.05, 4.69) is 14.7 Å². The Morgan fingerprint density at radius 2 is 1.78 bits per heavy atom. The highest BCUT2D eigenvalue weighted by Gasteiger charge is 2.24. The van der Waals surface area contributed by atoms with Crippen LogP contribution >= 0.6 is 0 Å². The van der Waals surface area contributed by atoms with Crippen molar-refractivity contribution in [1.29, 1.82) is 0 Å². The van der Waals surface area contributed by atoms with Gasteiger partial charge in [0.2, 0.25) is 10.0 Å². The van der Waals surface area contributed by atoms with Crippen LogP contribution in [0.3, 0.4) is 0 Å². The van der Waals surface area contributed by atoms with Crippen LogP contribution in [0.1, 0.15) is 13.3 Å². The van der Waals surface area contributed by atoms with Gasteiger partial charge in [0.1, 0.15) is 5.75 Å². The zero-order chi connectivity index (χ0) is 19.3. The van der Waals surface area contributed by atoms with Gasteiger partial charge in [-0.2, -0.15) is 0 Å². The lowest BCUT2D eigenvalue weighted by atomic mass is 10.1. The quantitative estimate of drug-likeness (QED) is 0.335. The second-order valence-electron chi connectivity index (χ2n) is 5.79. The number of azide groups is 1. The summed E-state index contributed by atoms with van der Waals surface area (Å²) in [5.41, 5.74) is 8.91. The molecule has 0 amide bonds. The molecule has 0 fully saturated rings. The number of benzene rings is 3. The summed E-state index contributed by atoms with van der Waals surface area (Å²) in [5.74, 6) is 0.968. The van der Waals surface area contributed by atoms with Crippen molar-refractivity contribution in [2.24, 2.45) is 5.11 Å². The van der Waals surface area contributed by atoms with E-state index in [1.54, 1.807) is 31.2 Å². The average Bonchev–Trinajstić information content (AvgIpc) is 2.68. The minimum atomic E-state index is -3.92. The first-order valence-corrected chi connectivity index (χ1v) is 9.90. The van der Waals surface area contributed by atoms with Crippen LogP contribution in [0.15, 0.2) is 71.8 Å². The summed E-state index contributed by atoms with van der Waals surface area (Å²) < 4.78 is 33.8. The molecule has 7 nitrogen and oxygen atoms in total. The lowest BCUT2D eigenvalue weighted by Crippen LogP contribution is -2.25. The second kappa shape index (κ2) is 7.99. The fraction of sp³-hybridized carbons (Fsp3) is 0.158. The maximum atomic E-state index is 12.6. The molecule has 3 aromatic carbocycles. The fourth-order valence-corrected chi connectivity index (χ4v) is 3.89. The average molecular weight is 382 g/mol. The monoisotopic (exact) mass is 382 g/mol. The number of rotatable bonds is 7. The molecule has 1 unspecified atom stereocenters. The lowest BCUT2D eigenvalue weighted by molar-refractivity contribution is 0.490. The third-order valence-electron chi connectivity index (χ3n) is 3.98. The van der Waals surface area contributed by atoms with Gasteiger partial charge in [0.05, 0.1) is 5.69 Å². The summed E-state index contributed by atoms with van der Waals surface area (Å²) in [6.45, 7) is 1.64. The van der Waals surface area contributed by atoms with Crippen LogP contribution in [0, 0.1) is 0 Å². The highest BCUT2D eigenvalue weighted by atomic mass is 32.2. The third-order valence-corrected chi connectivity index (χ3v) is 5.63. The van der Waals surface area contributed by atoms with E-state index in [-0.39, 0.29) is 12.1 Å². The molecule has 8 heteroatoms. The van der Waals surface area contributed by atoms with E-state index in [0.717, 1.165) is 10.8 Å². The van der Waals surface area contributed by atoms with Crippen LogP contribution in [-0.2, 0) is 10.0 Å². The molecule has 0 saturated heterocycles. The van der Waals surface area contributed by atoms with Gasteiger partial charge in [0.15, 0.2) is 11.1 Å². The van der Waals surface area contributed by atoms with Gasteiger partial charge < -0.3 is 4.74 Å². The van der Waals surface area contributed by atoms with Crippen molar-refractivity contribution in [3.8, 4) is 11.5 Å². The molecule has 138 valence electrons. The van der Waals surface area contributed by atoms with Crippen LogP contribution < -0.4 is 9.46 Å². The summed E-state index contributed by atoms with van der Waals surface area (Å²) in [4.78, 5) is 2.63. The minimum Gasteiger partial charge on any atom is -0.455 e. The van der Waals surface area contributed by atoms with Gasteiger partial charge in [0, 0.05) is 10.3 Å². The molecular weight excluding hydrogens is 364 g/mol. The molecule has 1 N–H and O–H groups in total. The van der Waals surface area contributed by atoms with Gasteiger partial charge in [-0.3, -0.25) is 4.72 Å². The molecule has 0 heterocycles. The summed E-state index contributed by atoms with van der Waals surface area (Å²) in [7, 11) is -3.92. The Bertz CT molecular complexity index is 1090. The molecule has 27 heavy (non-hydrogen) atoms. The number of hydrogen-bond acceptors (Lipinski definition) is 4. The SMILES string of the molecule is CCC(N=[N+]=[N-])S(=O)(=O)Nc1ccc2ccccc2c1Oc1ccccc1. The lowest BCUT2D eigenvalue weighted by Gasteiger charge is -2.18. The van der Waals surface area contributed by atoms with Gasteiger partial charge in [-0.05, 0) is 35.5 Å². The standard InChI is InChI=1S/C19H18N4O3S/c1-2-18(21-23-20)27(24,25)22-17-13-12-14-8-6-7-11-16(14)19(17)26-15-9-4-3-5-10-15/h3-13,18,22H,2H2,1H3. The number of anilines is 1. The normalized spacial score (nSPS) is 12.2. The minimum absolute atomic E-state index is 0.155. The largest absolute Gasteiger partial charge is 0.455 e. The van der Waals surface area contributed by atoms with Crippen molar-refractivity contribution in [1.82, 2.24) is 0 Å². The van der Waals surface area contributed by atoms with Crippen LogP contribution in [0.4, 0.5) is 5.69 Å². The van der Waals surface area contributed by atoms with E-state index in [4.69, 9.17) is 10.3 Å². The number of sulfonamides is 1. The number of hydrogen-bond donors (Lipinski definition) is 1. The third kappa shape index (κ3) is 4.13. The summed E-state index contributed by atoms with van der Waals surface area (Å²) >= 11 is 0. The van der Waals surface area contributed by atoms with E-state index in [1.165, 1.54) is 0 Å². The van der Waals surface area contributed by atoms with Crippen molar-refractivity contribution in [2.45, 2.75) is 18.7 Å². The van der Waals surface area contributed by atoms with Gasteiger partial charge >= 0.3 is 0 Å². The highest BCUT2D eigenvalue weighted by Crippen LogP contribution is 2.38. The van der Waals surface area contributed by atoms with E-state index < -0.39 is 15.4 Å². The molecule has 0 radical (unpaired) electrons. The summed E-state index contributed by atoms with van der Waals surface area (Å²) in [6, 6.07) is 20.1. The van der Waals surface area contributed by atoms with Gasteiger partial charge in [-0.1, -0.05) is 60.6 Å². The Kier molecular flexibility index (Phi) is 5.49. The fourth-order valence-electron chi connectivity index (χ4n) is 2.68. The Morgan fingerprint density at radius 1 is 1.07 bits per heavy atom. The molecule has 0 aromatic heterocycles. The molecule has 3 rings (SSSR count).